The molecule has 2 N–H and O–H groups in total. The van der Waals surface area contributed by atoms with E-state index in [1.165, 1.54) is 11.9 Å². The Bertz CT molecular complexity index is 832. The zero-order valence-electron chi connectivity index (χ0n) is 14.2. The molecule has 3 aromatic rings. The molecule has 0 aliphatic heterocycles. The summed E-state index contributed by atoms with van der Waals surface area (Å²) in [5.74, 6) is 0.237. The van der Waals surface area contributed by atoms with Gasteiger partial charge in [0.25, 0.3) is 0 Å². The molecule has 0 saturated heterocycles. The SMILES string of the molecule is Cc1ccc(-n2cnnn2)cc1NC(=O)NCC(C)c1ccccc1. The molecular weight excluding hydrogens is 316 g/mol. The molecule has 1 aromatic heterocycles. The first-order valence-electron chi connectivity index (χ1n) is 8.07. The number of hydrogen-bond donors (Lipinski definition) is 2. The third kappa shape index (κ3) is 4.20. The van der Waals surface area contributed by atoms with Gasteiger partial charge < -0.3 is 10.6 Å². The lowest BCUT2D eigenvalue weighted by Gasteiger charge is -2.15. The fraction of sp³-hybridized carbons (Fsp3) is 0.222. The molecule has 0 aliphatic carbocycles. The van der Waals surface area contributed by atoms with Crippen LogP contribution in [0.3, 0.4) is 0 Å². The third-order valence-corrected chi connectivity index (χ3v) is 4.02. The molecule has 1 unspecified atom stereocenters. The normalized spacial score (nSPS) is 11.8. The van der Waals surface area contributed by atoms with Gasteiger partial charge in [-0.2, -0.15) is 0 Å². The van der Waals surface area contributed by atoms with Crippen LogP contribution in [0.15, 0.2) is 54.9 Å². The molecule has 0 spiro atoms. The van der Waals surface area contributed by atoms with E-state index in [-0.39, 0.29) is 11.9 Å². The molecule has 0 bridgehead atoms. The van der Waals surface area contributed by atoms with E-state index in [4.69, 9.17) is 0 Å². The highest BCUT2D eigenvalue weighted by atomic mass is 16.2. The maximum Gasteiger partial charge on any atom is 0.319 e. The lowest BCUT2D eigenvalue weighted by molar-refractivity contribution is 0.251. The maximum atomic E-state index is 12.2. The molecule has 1 heterocycles. The molecule has 7 heteroatoms. The van der Waals surface area contributed by atoms with Crippen LogP contribution in [0.1, 0.15) is 24.0 Å². The average Bonchev–Trinajstić information content (AvgIpc) is 3.17. The van der Waals surface area contributed by atoms with E-state index in [1.54, 1.807) is 4.68 Å². The number of amides is 2. The Morgan fingerprint density at radius 3 is 2.72 bits per heavy atom. The van der Waals surface area contributed by atoms with Crippen molar-refractivity contribution in [3.63, 3.8) is 0 Å². The first-order chi connectivity index (χ1) is 12.1. The number of nitrogens with one attached hydrogen (secondary N) is 2. The third-order valence-electron chi connectivity index (χ3n) is 4.02. The molecule has 0 aliphatic rings. The van der Waals surface area contributed by atoms with Crippen molar-refractivity contribution >= 4 is 11.7 Å². The Kier molecular flexibility index (Phi) is 5.03. The smallest absolute Gasteiger partial charge is 0.319 e. The van der Waals surface area contributed by atoms with Crippen LogP contribution in [0.4, 0.5) is 10.5 Å². The minimum absolute atomic E-state index is 0.236. The summed E-state index contributed by atoms with van der Waals surface area (Å²) in [6.45, 7) is 4.58. The summed E-state index contributed by atoms with van der Waals surface area (Å²) in [6, 6.07) is 15.5. The number of aromatic nitrogens is 4. The van der Waals surface area contributed by atoms with Gasteiger partial charge in [0.15, 0.2) is 0 Å². The highest BCUT2D eigenvalue weighted by Crippen LogP contribution is 2.19. The monoisotopic (exact) mass is 336 g/mol. The number of urea groups is 1. The van der Waals surface area contributed by atoms with Crippen LogP contribution in [0, 0.1) is 6.92 Å². The highest BCUT2D eigenvalue weighted by molar-refractivity contribution is 5.90. The van der Waals surface area contributed by atoms with Crippen LogP contribution in [-0.4, -0.2) is 32.8 Å². The molecular formula is C18H20N6O. The van der Waals surface area contributed by atoms with Crippen molar-refractivity contribution in [1.29, 1.82) is 0 Å². The van der Waals surface area contributed by atoms with Crippen molar-refractivity contribution in [1.82, 2.24) is 25.5 Å². The number of nitrogens with zero attached hydrogens (tertiary/aromatic N) is 4. The van der Waals surface area contributed by atoms with Crippen molar-refractivity contribution in [3.8, 4) is 5.69 Å². The van der Waals surface area contributed by atoms with Gasteiger partial charge >= 0.3 is 6.03 Å². The summed E-state index contributed by atoms with van der Waals surface area (Å²) in [6.07, 6.45) is 1.51. The molecule has 1 atom stereocenters. The first-order valence-corrected chi connectivity index (χ1v) is 8.07. The van der Waals surface area contributed by atoms with E-state index in [0.29, 0.717) is 6.54 Å². The molecule has 25 heavy (non-hydrogen) atoms. The summed E-state index contributed by atoms with van der Waals surface area (Å²) < 4.78 is 1.54. The molecule has 2 aromatic carbocycles. The van der Waals surface area contributed by atoms with E-state index in [9.17, 15) is 4.79 Å². The van der Waals surface area contributed by atoms with E-state index in [1.807, 2.05) is 43.3 Å². The van der Waals surface area contributed by atoms with Gasteiger partial charge in [0.1, 0.15) is 6.33 Å². The van der Waals surface area contributed by atoms with Gasteiger partial charge in [-0.25, -0.2) is 9.48 Å². The van der Waals surface area contributed by atoms with Crippen LogP contribution in [0.2, 0.25) is 0 Å². The Hall–Kier alpha value is -3.22. The molecule has 128 valence electrons. The van der Waals surface area contributed by atoms with Gasteiger partial charge in [0.05, 0.1) is 5.69 Å². The zero-order valence-corrected chi connectivity index (χ0v) is 14.2. The minimum atomic E-state index is -0.236. The predicted octanol–water partition coefficient (Wildman–Crippen LogP) is 2.90. The highest BCUT2D eigenvalue weighted by Gasteiger charge is 2.10. The molecule has 3 rings (SSSR count). The van der Waals surface area contributed by atoms with Crippen LogP contribution in [0.5, 0.6) is 0 Å². The zero-order chi connectivity index (χ0) is 17.6. The number of hydrogen-bond acceptors (Lipinski definition) is 4. The van der Waals surface area contributed by atoms with Crippen molar-refractivity contribution in [2.75, 3.05) is 11.9 Å². The number of benzene rings is 2. The van der Waals surface area contributed by atoms with Crippen LogP contribution in [-0.2, 0) is 0 Å². The summed E-state index contributed by atoms with van der Waals surface area (Å²) in [7, 11) is 0. The van der Waals surface area contributed by atoms with Gasteiger partial charge in [-0.3, -0.25) is 0 Å². The van der Waals surface area contributed by atoms with Crippen molar-refractivity contribution in [2.24, 2.45) is 0 Å². The van der Waals surface area contributed by atoms with E-state index in [0.717, 1.165) is 16.9 Å². The predicted molar refractivity (Wildman–Crippen MR) is 95.8 cm³/mol. The van der Waals surface area contributed by atoms with Gasteiger partial charge in [-0.1, -0.05) is 43.3 Å². The quantitative estimate of drug-likeness (QED) is 0.750. The minimum Gasteiger partial charge on any atom is -0.337 e. The van der Waals surface area contributed by atoms with Gasteiger partial charge in [-0.15, -0.1) is 5.10 Å². The second-order valence-corrected chi connectivity index (χ2v) is 5.90. The second-order valence-electron chi connectivity index (χ2n) is 5.90. The van der Waals surface area contributed by atoms with E-state index >= 15 is 0 Å². The number of carbonyl (C=O) groups excluding carboxylic acids is 1. The maximum absolute atomic E-state index is 12.2. The Labute approximate surface area is 146 Å². The van der Waals surface area contributed by atoms with Crippen molar-refractivity contribution in [2.45, 2.75) is 19.8 Å². The van der Waals surface area contributed by atoms with Crippen LogP contribution in [0.25, 0.3) is 5.69 Å². The van der Waals surface area contributed by atoms with Crippen LogP contribution >= 0.6 is 0 Å². The summed E-state index contributed by atoms with van der Waals surface area (Å²) in [5.41, 5.74) is 3.66. The number of anilines is 1. The molecule has 0 fully saturated rings. The fourth-order valence-electron chi connectivity index (χ4n) is 2.48. The number of carbonyl (C=O) groups is 1. The van der Waals surface area contributed by atoms with Crippen LogP contribution < -0.4 is 10.6 Å². The number of aryl methyl sites for hydroxylation is 1. The Morgan fingerprint density at radius 1 is 1.20 bits per heavy atom. The molecule has 7 nitrogen and oxygen atoms in total. The van der Waals surface area contributed by atoms with Crippen molar-refractivity contribution < 1.29 is 4.79 Å². The van der Waals surface area contributed by atoms with Gasteiger partial charge in [0, 0.05) is 12.2 Å². The van der Waals surface area contributed by atoms with E-state index < -0.39 is 0 Å². The summed E-state index contributed by atoms with van der Waals surface area (Å²) in [5, 5.41) is 16.9. The molecule has 0 saturated carbocycles. The van der Waals surface area contributed by atoms with Gasteiger partial charge in [0.2, 0.25) is 0 Å². The largest absolute Gasteiger partial charge is 0.337 e. The molecule has 2 amide bonds. The average molecular weight is 336 g/mol. The fourth-order valence-corrected chi connectivity index (χ4v) is 2.48. The molecule has 0 radical (unpaired) electrons. The first kappa shape index (κ1) is 16.6. The number of rotatable bonds is 5. The number of tetrazole rings is 1. The summed E-state index contributed by atoms with van der Waals surface area (Å²) in [4.78, 5) is 12.2. The Morgan fingerprint density at radius 2 is 2.00 bits per heavy atom. The lowest BCUT2D eigenvalue weighted by atomic mass is 10.0. The van der Waals surface area contributed by atoms with E-state index in [2.05, 4.69) is 45.2 Å². The summed E-state index contributed by atoms with van der Waals surface area (Å²) >= 11 is 0. The topological polar surface area (TPSA) is 84.7 Å². The Balaban J connectivity index is 1.62. The second kappa shape index (κ2) is 7.57. The standard InChI is InChI=1S/C18H20N6O/c1-13-8-9-16(24-12-20-22-23-24)10-17(13)21-18(25)19-11-14(2)15-6-4-3-5-7-15/h3-10,12,14H,11H2,1-2H3,(H2,19,21,25). The van der Waals surface area contributed by atoms with Crippen molar-refractivity contribution in [3.05, 3.63) is 66.0 Å². The lowest BCUT2D eigenvalue weighted by Crippen LogP contribution is -2.32. The van der Waals surface area contributed by atoms with Gasteiger partial charge in [-0.05, 0) is 46.5 Å².